The molecule has 0 spiro atoms. The third-order valence-corrected chi connectivity index (χ3v) is 2.97. The van der Waals surface area contributed by atoms with Crippen LogP contribution in [0.2, 0.25) is 0 Å². The normalized spacial score (nSPS) is 12.7. The molecule has 0 radical (unpaired) electrons. The van der Waals surface area contributed by atoms with Crippen molar-refractivity contribution >= 4 is 5.91 Å². The second kappa shape index (κ2) is 6.64. The smallest absolute Gasteiger partial charge is 0.220 e. The van der Waals surface area contributed by atoms with Crippen molar-refractivity contribution in [1.29, 1.82) is 0 Å². The first-order chi connectivity index (χ1) is 9.26. The van der Waals surface area contributed by atoms with Gasteiger partial charge < -0.3 is 14.8 Å². The SMILES string of the molecule is COc1ccc(OC)c([C@H](C)NC(=O)CC(C)(C)C)c1. The van der Waals surface area contributed by atoms with E-state index in [1.54, 1.807) is 14.2 Å². The van der Waals surface area contributed by atoms with Crippen LogP contribution in [0.5, 0.6) is 11.5 Å². The molecule has 20 heavy (non-hydrogen) atoms. The van der Waals surface area contributed by atoms with E-state index in [-0.39, 0.29) is 17.4 Å². The Morgan fingerprint density at radius 2 is 1.90 bits per heavy atom. The van der Waals surface area contributed by atoms with Crippen LogP contribution in [0, 0.1) is 5.41 Å². The maximum absolute atomic E-state index is 12.0. The first kappa shape index (κ1) is 16.3. The third-order valence-electron chi connectivity index (χ3n) is 2.97. The van der Waals surface area contributed by atoms with Crippen LogP contribution in [0.1, 0.15) is 45.7 Å². The van der Waals surface area contributed by atoms with Gasteiger partial charge in [-0.25, -0.2) is 0 Å². The number of amides is 1. The fraction of sp³-hybridized carbons (Fsp3) is 0.562. The van der Waals surface area contributed by atoms with E-state index in [1.807, 2.05) is 45.9 Å². The van der Waals surface area contributed by atoms with Gasteiger partial charge in [-0.3, -0.25) is 4.79 Å². The van der Waals surface area contributed by atoms with E-state index in [0.717, 1.165) is 17.1 Å². The zero-order chi connectivity index (χ0) is 15.3. The molecule has 1 atom stereocenters. The van der Waals surface area contributed by atoms with Crippen molar-refractivity contribution in [2.24, 2.45) is 5.41 Å². The number of nitrogens with one attached hydrogen (secondary N) is 1. The van der Waals surface area contributed by atoms with E-state index in [2.05, 4.69) is 5.32 Å². The van der Waals surface area contributed by atoms with E-state index in [0.29, 0.717) is 6.42 Å². The Kier molecular flexibility index (Phi) is 5.43. The van der Waals surface area contributed by atoms with Crippen molar-refractivity contribution in [3.8, 4) is 11.5 Å². The Bertz CT molecular complexity index is 463. The average Bonchev–Trinajstić information content (AvgIpc) is 2.35. The van der Waals surface area contributed by atoms with Gasteiger partial charge in [-0.2, -0.15) is 0 Å². The largest absolute Gasteiger partial charge is 0.497 e. The predicted molar refractivity (Wildman–Crippen MR) is 80.2 cm³/mol. The van der Waals surface area contributed by atoms with Crippen LogP contribution >= 0.6 is 0 Å². The highest BCUT2D eigenvalue weighted by atomic mass is 16.5. The molecular weight excluding hydrogens is 254 g/mol. The average molecular weight is 279 g/mol. The quantitative estimate of drug-likeness (QED) is 0.899. The summed E-state index contributed by atoms with van der Waals surface area (Å²) in [4.78, 5) is 12.0. The van der Waals surface area contributed by atoms with E-state index in [9.17, 15) is 4.79 Å². The molecular formula is C16H25NO3. The summed E-state index contributed by atoms with van der Waals surface area (Å²) in [5.74, 6) is 1.53. The molecule has 0 heterocycles. The van der Waals surface area contributed by atoms with Crippen LogP contribution in [0.25, 0.3) is 0 Å². The van der Waals surface area contributed by atoms with Gasteiger partial charge in [0.2, 0.25) is 5.91 Å². The minimum Gasteiger partial charge on any atom is -0.497 e. The highest BCUT2D eigenvalue weighted by molar-refractivity contribution is 5.77. The van der Waals surface area contributed by atoms with Crippen LogP contribution in [-0.2, 0) is 4.79 Å². The number of rotatable bonds is 5. The highest BCUT2D eigenvalue weighted by Gasteiger charge is 2.19. The van der Waals surface area contributed by atoms with Crippen molar-refractivity contribution in [1.82, 2.24) is 5.32 Å². The van der Waals surface area contributed by atoms with Gasteiger partial charge in [0.1, 0.15) is 11.5 Å². The minimum absolute atomic E-state index is 0.0255. The van der Waals surface area contributed by atoms with Gasteiger partial charge >= 0.3 is 0 Å². The van der Waals surface area contributed by atoms with E-state index in [1.165, 1.54) is 0 Å². The van der Waals surface area contributed by atoms with Crippen molar-refractivity contribution in [3.63, 3.8) is 0 Å². The maximum Gasteiger partial charge on any atom is 0.220 e. The molecule has 0 bridgehead atoms. The molecule has 4 heteroatoms. The second-order valence-electron chi connectivity index (χ2n) is 6.13. The molecule has 1 aromatic carbocycles. The Labute approximate surface area is 121 Å². The van der Waals surface area contributed by atoms with Crippen molar-refractivity contribution in [3.05, 3.63) is 23.8 Å². The topological polar surface area (TPSA) is 47.6 Å². The van der Waals surface area contributed by atoms with Crippen molar-refractivity contribution < 1.29 is 14.3 Å². The molecule has 1 N–H and O–H groups in total. The lowest BCUT2D eigenvalue weighted by molar-refractivity contribution is -0.123. The van der Waals surface area contributed by atoms with E-state index < -0.39 is 0 Å². The van der Waals surface area contributed by atoms with Gasteiger partial charge in [0.15, 0.2) is 0 Å². The van der Waals surface area contributed by atoms with Crippen LogP contribution < -0.4 is 14.8 Å². The predicted octanol–water partition coefficient (Wildman–Crippen LogP) is 3.32. The molecule has 1 amide bonds. The van der Waals surface area contributed by atoms with Gasteiger partial charge in [0.25, 0.3) is 0 Å². The lowest BCUT2D eigenvalue weighted by atomic mass is 9.91. The molecule has 0 aromatic heterocycles. The maximum atomic E-state index is 12.0. The van der Waals surface area contributed by atoms with Crippen LogP contribution in [0.3, 0.4) is 0 Å². The molecule has 0 aliphatic heterocycles. The lowest BCUT2D eigenvalue weighted by Gasteiger charge is -2.21. The summed E-state index contributed by atoms with van der Waals surface area (Å²) in [5, 5.41) is 3.00. The Morgan fingerprint density at radius 3 is 2.40 bits per heavy atom. The molecule has 0 aliphatic rings. The molecule has 0 fully saturated rings. The standard InChI is InChI=1S/C16H25NO3/c1-11(17-15(18)10-16(2,3)4)13-9-12(19-5)7-8-14(13)20-6/h7-9,11H,10H2,1-6H3,(H,17,18)/t11-/m0/s1. The summed E-state index contributed by atoms with van der Waals surface area (Å²) in [7, 11) is 3.24. The molecule has 4 nitrogen and oxygen atoms in total. The Hall–Kier alpha value is -1.71. The molecule has 0 aliphatic carbocycles. The number of hydrogen-bond acceptors (Lipinski definition) is 3. The fourth-order valence-electron chi connectivity index (χ4n) is 2.03. The zero-order valence-electron chi connectivity index (χ0n) is 13.2. The van der Waals surface area contributed by atoms with Crippen LogP contribution in [0.4, 0.5) is 0 Å². The summed E-state index contributed by atoms with van der Waals surface area (Å²) in [6.45, 7) is 8.08. The van der Waals surface area contributed by atoms with E-state index >= 15 is 0 Å². The lowest BCUT2D eigenvalue weighted by Crippen LogP contribution is -2.30. The van der Waals surface area contributed by atoms with Gasteiger partial charge in [-0.15, -0.1) is 0 Å². The summed E-state index contributed by atoms with van der Waals surface area (Å²) >= 11 is 0. The molecule has 112 valence electrons. The van der Waals surface area contributed by atoms with Crippen LogP contribution in [-0.4, -0.2) is 20.1 Å². The Balaban J connectivity index is 2.85. The molecule has 0 saturated carbocycles. The summed E-state index contributed by atoms with van der Waals surface area (Å²) in [5.41, 5.74) is 0.886. The molecule has 1 rings (SSSR count). The van der Waals surface area contributed by atoms with Gasteiger partial charge in [-0.1, -0.05) is 20.8 Å². The third kappa shape index (κ3) is 4.76. The number of carbonyl (C=O) groups excluding carboxylic acids is 1. The number of methoxy groups -OCH3 is 2. The van der Waals surface area contributed by atoms with Gasteiger partial charge in [0.05, 0.1) is 20.3 Å². The minimum atomic E-state index is -0.130. The number of ether oxygens (including phenoxy) is 2. The first-order valence-corrected chi connectivity index (χ1v) is 6.78. The summed E-state index contributed by atoms with van der Waals surface area (Å²) in [6.07, 6.45) is 0.490. The van der Waals surface area contributed by atoms with Gasteiger partial charge in [0, 0.05) is 12.0 Å². The molecule has 1 aromatic rings. The fourth-order valence-corrected chi connectivity index (χ4v) is 2.03. The number of benzene rings is 1. The highest BCUT2D eigenvalue weighted by Crippen LogP contribution is 2.29. The van der Waals surface area contributed by atoms with Crippen molar-refractivity contribution in [2.75, 3.05) is 14.2 Å². The first-order valence-electron chi connectivity index (χ1n) is 6.78. The van der Waals surface area contributed by atoms with Crippen LogP contribution in [0.15, 0.2) is 18.2 Å². The zero-order valence-corrected chi connectivity index (χ0v) is 13.2. The molecule has 0 unspecified atom stereocenters. The monoisotopic (exact) mass is 279 g/mol. The summed E-state index contributed by atoms with van der Waals surface area (Å²) < 4.78 is 10.6. The van der Waals surface area contributed by atoms with E-state index in [4.69, 9.17) is 9.47 Å². The summed E-state index contributed by atoms with van der Waals surface area (Å²) in [6, 6.07) is 5.45. The number of carbonyl (C=O) groups is 1. The Morgan fingerprint density at radius 1 is 1.25 bits per heavy atom. The molecule has 0 saturated heterocycles. The van der Waals surface area contributed by atoms with Gasteiger partial charge in [-0.05, 0) is 30.5 Å². The second-order valence-corrected chi connectivity index (χ2v) is 6.13. The van der Waals surface area contributed by atoms with Crippen molar-refractivity contribution in [2.45, 2.75) is 40.2 Å². The number of hydrogen-bond donors (Lipinski definition) is 1.